The summed E-state index contributed by atoms with van der Waals surface area (Å²) in [5, 5.41) is 14.1. The van der Waals surface area contributed by atoms with Crippen molar-refractivity contribution in [3.8, 4) is 0 Å². The highest BCUT2D eigenvalue weighted by Crippen LogP contribution is 2.27. The van der Waals surface area contributed by atoms with Crippen molar-refractivity contribution in [2.75, 3.05) is 25.1 Å². The van der Waals surface area contributed by atoms with Crippen LogP contribution in [0.2, 0.25) is 0 Å². The van der Waals surface area contributed by atoms with Crippen LogP contribution >= 0.6 is 12.6 Å². The van der Waals surface area contributed by atoms with Gasteiger partial charge in [0.15, 0.2) is 0 Å². The summed E-state index contributed by atoms with van der Waals surface area (Å²) in [4.78, 5) is 11.1. The number of thiol groups is 1. The van der Waals surface area contributed by atoms with Crippen LogP contribution in [0.5, 0.6) is 0 Å². The first-order valence-corrected chi connectivity index (χ1v) is 6.40. The fraction of sp³-hybridized carbons (Fsp3) is 0.500. The number of rotatable bonds is 4. The molecule has 1 aliphatic rings. The van der Waals surface area contributed by atoms with E-state index < -0.39 is 0 Å². The van der Waals surface area contributed by atoms with Gasteiger partial charge in [0.05, 0.1) is 11.5 Å². The number of nitrogens with zero attached hydrogens (tertiary/aromatic N) is 1. The van der Waals surface area contributed by atoms with Crippen molar-refractivity contribution < 1.29 is 9.66 Å². The second kappa shape index (κ2) is 6.06. The van der Waals surface area contributed by atoms with Crippen molar-refractivity contribution in [2.45, 2.75) is 17.7 Å². The predicted molar refractivity (Wildman–Crippen MR) is 72.4 cm³/mol. The molecule has 0 aromatic heterocycles. The molecule has 0 spiro atoms. The third-order valence-electron chi connectivity index (χ3n) is 3.01. The summed E-state index contributed by atoms with van der Waals surface area (Å²) in [7, 11) is 0. The minimum Gasteiger partial charge on any atom is -0.381 e. The zero-order chi connectivity index (χ0) is 13.0. The van der Waals surface area contributed by atoms with Crippen molar-refractivity contribution in [1.29, 1.82) is 0 Å². The Morgan fingerprint density at radius 3 is 3.06 bits per heavy atom. The molecule has 0 radical (unpaired) electrons. The molecule has 0 saturated carbocycles. The predicted octanol–water partition coefficient (Wildman–Crippen LogP) is 2.72. The van der Waals surface area contributed by atoms with Gasteiger partial charge in [-0.3, -0.25) is 10.1 Å². The molecule has 1 unspecified atom stereocenters. The van der Waals surface area contributed by atoms with Crippen LogP contribution in [0.3, 0.4) is 0 Å². The maximum absolute atomic E-state index is 10.9. The van der Waals surface area contributed by atoms with Gasteiger partial charge in [0.1, 0.15) is 5.69 Å². The van der Waals surface area contributed by atoms with E-state index in [9.17, 15) is 10.1 Å². The van der Waals surface area contributed by atoms with E-state index in [2.05, 4.69) is 17.9 Å². The molecule has 1 aliphatic heterocycles. The molecule has 0 bridgehead atoms. The lowest BCUT2D eigenvalue weighted by Gasteiger charge is -2.22. The Hall–Kier alpha value is -1.27. The van der Waals surface area contributed by atoms with E-state index in [1.54, 1.807) is 12.1 Å². The molecule has 6 heteroatoms. The Bertz CT molecular complexity index is 433. The number of nitro groups is 1. The minimum absolute atomic E-state index is 0.0687. The van der Waals surface area contributed by atoms with E-state index >= 15 is 0 Å². The van der Waals surface area contributed by atoms with E-state index in [-0.39, 0.29) is 10.6 Å². The minimum atomic E-state index is -0.389. The van der Waals surface area contributed by atoms with Crippen LogP contribution in [-0.2, 0) is 4.74 Å². The second-order valence-electron chi connectivity index (χ2n) is 4.42. The van der Waals surface area contributed by atoms with Crippen LogP contribution in [0.15, 0.2) is 23.1 Å². The molecular formula is C12H16N2O3S. The van der Waals surface area contributed by atoms with Gasteiger partial charge in [-0.05, 0) is 30.9 Å². The Labute approximate surface area is 111 Å². The summed E-state index contributed by atoms with van der Waals surface area (Å²) in [6.45, 7) is 2.25. The number of ether oxygens (including phenoxy) is 1. The van der Waals surface area contributed by atoms with E-state index in [0.29, 0.717) is 23.0 Å². The Morgan fingerprint density at radius 2 is 2.39 bits per heavy atom. The molecule has 1 fully saturated rings. The molecule has 1 saturated heterocycles. The quantitative estimate of drug-likeness (QED) is 0.500. The molecule has 2 rings (SSSR count). The third kappa shape index (κ3) is 3.36. The van der Waals surface area contributed by atoms with Crippen molar-refractivity contribution >= 4 is 24.0 Å². The van der Waals surface area contributed by atoms with Crippen LogP contribution in [-0.4, -0.2) is 24.7 Å². The highest BCUT2D eigenvalue weighted by atomic mass is 32.1. The smallest absolute Gasteiger partial charge is 0.293 e. The van der Waals surface area contributed by atoms with E-state index in [4.69, 9.17) is 4.74 Å². The van der Waals surface area contributed by atoms with Gasteiger partial charge in [0, 0.05) is 24.1 Å². The number of nitrogens with one attached hydrogen (secondary N) is 1. The lowest BCUT2D eigenvalue weighted by atomic mass is 10.0. The molecule has 1 aromatic carbocycles. The van der Waals surface area contributed by atoms with Gasteiger partial charge >= 0.3 is 0 Å². The maximum Gasteiger partial charge on any atom is 0.293 e. The fourth-order valence-electron chi connectivity index (χ4n) is 2.04. The third-order valence-corrected chi connectivity index (χ3v) is 3.29. The first-order valence-electron chi connectivity index (χ1n) is 5.96. The summed E-state index contributed by atoms with van der Waals surface area (Å²) in [5.74, 6) is 0.425. The number of hydrogen-bond donors (Lipinski definition) is 2. The van der Waals surface area contributed by atoms with E-state index in [0.717, 1.165) is 26.1 Å². The highest BCUT2D eigenvalue weighted by molar-refractivity contribution is 7.80. The monoisotopic (exact) mass is 268 g/mol. The molecule has 98 valence electrons. The standard InChI is InChI=1S/C12H16N2O3S/c15-14(16)12-6-10(18)3-4-11(12)13-7-9-2-1-5-17-8-9/h3-4,6,9,13,18H,1-2,5,7-8H2. The maximum atomic E-state index is 10.9. The summed E-state index contributed by atoms with van der Waals surface area (Å²) in [5.41, 5.74) is 0.614. The SMILES string of the molecule is O=[N+]([O-])c1cc(S)ccc1NCC1CCCOC1. The zero-order valence-corrected chi connectivity index (χ0v) is 10.9. The molecule has 1 aromatic rings. The lowest BCUT2D eigenvalue weighted by molar-refractivity contribution is -0.384. The Balaban J connectivity index is 2.01. The first kappa shape index (κ1) is 13.2. The summed E-state index contributed by atoms with van der Waals surface area (Å²) in [6.07, 6.45) is 2.16. The van der Waals surface area contributed by atoms with Gasteiger partial charge in [-0.15, -0.1) is 12.6 Å². The molecule has 5 nitrogen and oxygen atoms in total. The average molecular weight is 268 g/mol. The molecule has 1 heterocycles. The van der Waals surface area contributed by atoms with Crippen LogP contribution in [0.25, 0.3) is 0 Å². The Kier molecular flexibility index (Phi) is 4.43. The second-order valence-corrected chi connectivity index (χ2v) is 4.94. The zero-order valence-electron chi connectivity index (χ0n) is 9.96. The summed E-state index contributed by atoms with van der Waals surface area (Å²) >= 11 is 4.11. The largest absolute Gasteiger partial charge is 0.381 e. The van der Waals surface area contributed by atoms with Crippen LogP contribution in [0, 0.1) is 16.0 Å². The van der Waals surface area contributed by atoms with Crippen LogP contribution < -0.4 is 5.32 Å². The Morgan fingerprint density at radius 1 is 1.56 bits per heavy atom. The highest BCUT2D eigenvalue weighted by Gasteiger charge is 2.17. The van der Waals surface area contributed by atoms with Crippen molar-refractivity contribution in [3.63, 3.8) is 0 Å². The normalized spacial score (nSPS) is 19.5. The molecule has 0 aliphatic carbocycles. The van der Waals surface area contributed by atoms with Crippen LogP contribution in [0.1, 0.15) is 12.8 Å². The molecule has 18 heavy (non-hydrogen) atoms. The molecule has 1 N–H and O–H groups in total. The van der Waals surface area contributed by atoms with Gasteiger partial charge in [-0.2, -0.15) is 0 Å². The van der Waals surface area contributed by atoms with Gasteiger partial charge in [-0.25, -0.2) is 0 Å². The number of benzene rings is 1. The topological polar surface area (TPSA) is 64.4 Å². The number of anilines is 1. The van der Waals surface area contributed by atoms with E-state index in [1.165, 1.54) is 6.07 Å². The van der Waals surface area contributed by atoms with Gasteiger partial charge in [0.25, 0.3) is 5.69 Å². The molecule has 1 atom stereocenters. The number of hydrogen-bond acceptors (Lipinski definition) is 5. The van der Waals surface area contributed by atoms with E-state index in [1.807, 2.05) is 0 Å². The lowest BCUT2D eigenvalue weighted by Crippen LogP contribution is -2.24. The van der Waals surface area contributed by atoms with Gasteiger partial charge < -0.3 is 10.1 Å². The first-order chi connectivity index (χ1) is 8.66. The van der Waals surface area contributed by atoms with Gasteiger partial charge in [0.2, 0.25) is 0 Å². The number of nitro benzene ring substituents is 1. The summed E-state index contributed by atoms with van der Waals surface area (Å²) < 4.78 is 5.38. The fourth-order valence-corrected chi connectivity index (χ4v) is 2.24. The van der Waals surface area contributed by atoms with Crippen LogP contribution in [0.4, 0.5) is 11.4 Å². The van der Waals surface area contributed by atoms with Gasteiger partial charge in [-0.1, -0.05) is 0 Å². The average Bonchev–Trinajstić information content (AvgIpc) is 2.38. The molecular weight excluding hydrogens is 252 g/mol. The van der Waals surface area contributed by atoms with Crippen molar-refractivity contribution in [2.24, 2.45) is 5.92 Å². The van der Waals surface area contributed by atoms with Crippen molar-refractivity contribution in [3.05, 3.63) is 28.3 Å². The molecule has 0 amide bonds. The summed E-state index contributed by atoms with van der Waals surface area (Å²) in [6, 6.07) is 4.91. The van der Waals surface area contributed by atoms with Crippen molar-refractivity contribution in [1.82, 2.24) is 0 Å².